The van der Waals surface area contributed by atoms with Crippen LogP contribution in [0.15, 0.2) is 30.3 Å². The molecule has 1 aliphatic rings. The number of phenols is 1. The topological polar surface area (TPSA) is 60.7 Å². The van der Waals surface area contributed by atoms with Gasteiger partial charge in [0.2, 0.25) is 0 Å². The Labute approximate surface area is 229 Å². The Morgan fingerprint density at radius 2 is 1.53 bits per heavy atom. The summed E-state index contributed by atoms with van der Waals surface area (Å²) in [4.78, 5) is 13.6. The molecule has 2 aromatic carbocycles. The molecule has 208 valence electrons. The highest BCUT2D eigenvalue weighted by Gasteiger charge is 2.48. The third kappa shape index (κ3) is 4.96. The number of rotatable bonds is 6. The van der Waals surface area contributed by atoms with E-state index in [0.717, 1.165) is 53.3 Å². The van der Waals surface area contributed by atoms with Crippen LogP contribution in [0.1, 0.15) is 106 Å². The van der Waals surface area contributed by atoms with E-state index < -0.39 is 20.0 Å². The molecule has 1 saturated carbocycles. The standard InChI is InChI=1S/C32H47NO4Si/c1-20(2)38(21(3)4,22(5)6)37-27-19-25-24-17-13-14-18-26(24)33(31(35)36-32(7,8)9)29(25)30(34)28(27)23-15-11-10-12-16-23/h13-14,17-23,34H,10-12,15-16H2,1-9H3. The van der Waals surface area contributed by atoms with Gasteiger partial charge in [0.15, 0.2) is 0 Å². The van der Waals surface area contributed by atoms with E-state index >= 15 is 0 Å². The fourth-order valence-corrected chi connectivity index (χ4v) is 12.3. The van der Waals surface area contributed by atoms with Gasteiger partial charge in [0.25, 0.3) is 8.32 Å². The van der Waals surface area contributed by atoms with Gasteiger partial charge in [-0.25, -0.2) is 9.36 Å². The monoisotopic (exact) mass is 537 g/mol. The third-order valence-electron chi connectivity index (χ3n) is 8.52. The molecule has 5 nitrogen and oxygen atoms in total. The number of nitrogens with zero attached hydrogens (tertiary/aromatic N) is 1. The first-order valence-corrected chi connectivity index (χ1v) is 16.6. The summed E-state index contributed by atoms with van der Waals surface area (Å²) in [6.07, 6.45) is 5.05. The number of carbonyl (C=O) groups is 1. The number of hydrogen-bond acceptors (Lipinski definition) is 4. The van der Waals surface area contributed by atoms with Crippen LogP contribution in [0.4, 0.5) is 4.79 Å². The van der Waals surface area contributed by atoms with Crippen LogP contribution in [0.3, 0.4) is 0 Å². The van der Waals surface area contributed by atoms with Crippen molar-refractivity contribution in [1.29, 1.82) is 0 Å². The van der Waals surface area contributed by atoms with Crippen LogP contribution in [-0.2, 0) is 4.74 Å². The van der Waals surface area contributed by atoms with Crippen LogP contribution in [0.5, 0.6) is 11.5 Å². The van der Waals surface area contributed by atoms with Crippen molar-refractivity contribution in [3.05, 3.63) is 35.9 Å². The van der Waals surface area contributed by atoms with Gasteiger partial charge in [-0.15, -0.1) is 0 Å². The first kappa shape index (κ1) is 28.5. The van der Waals surface area contributed by atoms with Crippen molar-refractivity contribution in [3.63, 3.8) is 0 Å². The normalized spacial score (nSPS) is 15.8. The van der Waals surface area contributed by atoms with Gasteiger partial charge in [0.1, 0.15) is 22.6 Å². The van der Waals surface area contributed by atoms with Gasteiger partial charge in [-0.1, -0.05) is 79.0 Å². The minimum Gasteiger partial charge on any atom is -0.542 e. The highest BCUT2D eigenvalue weighted by atomic mass is 28.4. The molecule has 38 heavy (non-hydrogen) atoms. The lowest BCUT2D eigenvalue weighted by Crippen LogP contribution is -2.51. The fraction of sp³-hybridized carbons (Fsp3) is 0.594. The lowest BCUT2D eigenvalue weighted by molar-refractivity contribution is 0.0550. The zero-order valence-corrected chi connectivity index (χ0v) is 25.9. The Hall–Kier alpha value is -2.47. The molecule has 0 atom stereocenters. The van der Waals surface area contributed by atoms with Crippen LogP contribution in [-0.4, -0.2) is 29.7 Å². The lowest BCUT2D eigenvalue weighted by Gasteiger charge is -2.43. The maximum absolute atomic E-state index is 13.6. The SMILES string of the molecule is CC(C)[Si](Oc1cc2c3ccccc3n(C(=O)OC(C)(C)C)c2c(O)c1C1CCCCC1)(C(C)C)C(C)C. The fourth-order valence-electron chi connectivity index (χ4n) is 7.01. The number of fused-ring (bicyclic) bond motifs is 3. The molecular formula is C32H47NO4Si. The molecular weight excluding hydrogens is 490 g/mol. The molecule has 1 heterocycles. The predicted octanol–water partition coefficient (Wildman–Crippen LogP) is 9.89. The summed E-state index contributed by atoms with van der Waals surface area (Å²) in [6, 6.07) is 9.96. The average Bonchev–Trinajstić information content (AvgIpc) is 3.16. The molecule has 0 amide bonds. The van der Waals surface area contributed by atoms with E-state index in [1.54, 1.807) is 4.57 Å². The Bertz CT molecular complexity index is 1290. The predicted molar refractivity (Wildman–Crippen MR) is 160 cm³/mol. The van der Waals surface area contributed by atoms with Crippen molar-refractivity contribution < 1.29 is 19.1 Å². The summed E-state index contributed by atoms with van der Waals surface area (Å²) in [5, 5.41) is 13.9. The van der Waals surface area contributed by atoms with Crippen LogP contribution in [0.2, 0.25) is 16.6 Å². The van der Waals surface area contributed by atoms with E-state index in [4.69, 9.17) is 9.16 Å². The van der Waals surface area contributed by atoms with E-state index in [9.17, 15) is 9.90 Å². The van der Waals surface area contributed by atoms with E-state index in [0.29, 0.717) is 22.1 Å². The second-order valence-electron chi connectivity index (χ2n) is 13.1. The minimum atomic E-state index is -2.30. The summed E-state index contributed by atoms with van der Waals surface area (Å²) < 4.78 is 14.7. The molecule has 1 fully saturated rings. The number of hydrogen-bond donors (Lipinski definition) is 1. The van der Waals surface area contributed by atoms with Crippen molar-refractivity contribution in [3.8, 4) is 11.5 Å². The molecule has 1 aliphatic carbocycles. The summed E-state index contributed by atoms with van der Waals surface area (Å²) in [6.45, 7) is 19.3. The molecule has 0 radical (unpaired) electrons. The number of benzene rings is 2. The molecule has 0 unspecified atom stereocenters. The van der Waals surface area contributed by atoms with Gasteiger partial charge in [-0.3, -0.25) is 0 Å². The zero-order chi connectivity index (χ0) is 28.0. The molecule has 0 spiro atoms. The molecule has 0 bridgehead atoms. The summed E-state index contributed by atoms with van der Waals surface area (Å²) in [5.74, 6) is 1.19. The van der Waals surface area contributed by atoms with Crippen molar-refractivity contribution >= 4 is 36.2 Å². The van der Waals surface area contributed by atoms with Gasteiger partial charge in [0, 0.05) is 16.3 Å². The summed E-state index contributed by atoms with van der Waals surface area (Å²) in [7, 11) is -2.30. The van der Waals surface area contributed by atoms with Crippen LogP contribution in [0.25, 0.3) is 21.8 Å². The first-order chi connectivity index (χ1) is 17.8. The van der Waals surface area contributed by atoms with Crippen molar-refractivity contribution in [2.75, 3.05) is 0 Å². The Morgan fingerprint density at radius 3 is 2.08 bits per heavy atom. The molecule has 0 aliphatic heterocycles. The van der Waals surface area contributed by atoms with Gasteiger partial charge in [-0.2, -0.15) is 0 Å². The average molecular weight is 538 g/mol. The first-order valence-electron chi connectivity index (χ1n) is 14.5. The highest BCUT2D eigenvalue weighted by Crippen LogP contribution is 2.51. The van der Waals surface area contributed by atoms with Gasteiger partial charge < -0.3 is 14.3 Å². The Kier molecular flexibility index (Phi) is 7.95. The van der Waals surface area contributed by atoms with Crippen molar-refractivity contribution in [2.45, 2.75) is 123 Å². The van der Waals surface area contributed by atoms with E-state index in [2.05, 4.69) is 47.6 Å². The number of carbonyl (C=O) groups excluding carboxylic acids is 1. The van der Waals surface area contributed by atoms with E-state index in [-0.39, 0.29) is 11.7 Å². The molecule has 6 heteroatoms. The lowest BCUT2D eigenvalue weighted by atomic mass is 9.83. The third-order valence-corrected chi connectivity index (χ3v) is 14.5. The second-order valence-corrected chi connectivity index (χ2v) is 18.5. The van der Waals surface area contributed by atoms with Crippen LogP contribution < -0.4 is 4.43 Å². The van der Waals surface area contributed by atoms with Crippen LogP contribution in [0, 0.1) is 0 Å². The number of ether oxygens (including phenoxy) is 1. The van der Waals surface area contributed by atoms with Gasteiger partial charge in [-0.05, 0) is 68.3 Å². The Balaban J connectivity index is 2.07. The smallest absolute Gasteiger partial charge is 0.419 e. The Morgan fingerprint density at radius 1 is 0.947 bits per heavy atom. The largest absolute Gasteiger partial charge is 0.542 e. The van der Waals surface area contributed by atoms with E-state index in [1.807, 2.05) is 45.0 Å². The molecule has 1 aromatic heterocycles. The van der Waals surface area contributed by atoms with Crippen LogP contribution >= 0.6 is 0 Å². The van der Waals surface area contributed by atoms with Gasteiger partial charge >= 0.3 is 6.09 Å². The van der Waals surface area contributed by atoms with E-state index in [1.165, 1.54) is 6.42 Å². The summed E-state index contributed by atoms with van der Waals surface area (Å²) >= 11 is 0. The maximum Gasteiger partial charge on any atom is 0.419 e. The summed E-state index contributed by atoms with van der Waals surface area (Å²) in [5.41, 5.74) is 2.70. The highest BCUT2D eigenvalue weighted by molar-refractivity contribution is 6.78. The van der Waals surface area contributed by atoms with Crippen molar-refractivity contribution in [2.24, 2.45) is 0 Å². The van der Waals surface area contributed by atoms with Gasteiger partial charge in [0.05, 0.1) is 5.52 Å². The molecule has 4 rings (SSSR count). The number of para-hydroxylation sites is 1. The quantitative estimate of drug-likeness (QED) is 0.318. The second kappa shape index (κ2) is 10.6. The number of aromatic hydroxyl groups is 1. The molecule has 3 aromatic rings. The number of phenolic OH excluding ortho intramolecular Hbond substituents is 1. The van der Waals surface area contributed by atoms with Crippen molar-refractivity contribution in [1.82, 2.24) is 4.57 Å². The molecule has 1 N–H and O–H groups in total. The number of aromatic nitrogens is 1. The zero-order valence-electron chi connectivity index (χ0n) is 24.9. The minimum absolute atomic E-state index is 0.172. The molecule has 0 saturated heterocycles. The maximum atomic E-state index is 13.6.